The molecule has 3 aromatic rings. The van der Waals surface area contributed by atoms with Crippen molar-refractivity contribution in [3.63, 3.8) is 0 Å². The molecule has 0 heterocycles. The summed E-state index contributed by atoms with van der Waals surface area (Å²) < 4.78 is 37.8. The molecule has 0 aliphatic rings. The average molecular weight is 831 g/mol. The number of rotatable bonds is 24. The predicted molar refractivity (Wildman–Crippen MR) is 225 cm³/mol. The molecule has 0 radical (unpaired) electrons. The Hall–Kier alpha value is -5.98. The number of hydrogen-bond acceptors (Lipinski definition) is 13. The van der Waals surface area contributed by atoms with E-state index >= 15 is 0 Å². The SMILES string of the molecule is C=C(C)C(=O)OCCCc1cc(-c2ccc3cc(CCCCC)ccc3c2)ccc1OCC(COC(=O)C(=C)C)(COC(=O)C(C)C(=O)OC)COC(=O)C(C)C(=O)OC. The number of hydrogen-bond donors (Lipinski definition) is 0. The van der Waals surface area contributed by atoms with E-state index in [9.17, 15) is 28.8 Å². The van der Waals surface area contributed by atoms with Crippen LogP contribution in [0.5, 0.6) is 5.75 Å². The first-order chi connectivity index (χ1) is 28.5. The summed E-state index contributed by atoms with van der Waals surface area (Å²) in [4.78, 5) is 75.1. The summed E-state index contributed by atoms with van der Waals surface area (Å²) in [6.07, 6.45) is 5.34. The van der Waals surface area contributed by atoms with Gasteiger partial charge >= 0.3 is 35.8 Å². The number of benzene rings is 3. The quantitative estimate of drug-likeness (QED) is 0.0287. The second kappa shape index (κ2) is 23.6. The van der Waals surface area contributed by atoms with Crippen molar-refractivity contribution in [1.29, 1.82) is 0 Å². The summed E-state index contributed by atoms with van der Waals surface area (Å²) in [6.45, 7) is 13.2. The Balaban J connectivity index is 2.05. The van der Waals surface area contributed by atoms with Crippen LogP contribution in [0.4, 0.5) is 0 Å². The summed E-state index contributed by atoms with van der Waals surface area (Å²) in [5, 5.41) is 2.22. The van der Waals surface area contributed by atoms with Crippen LogP contribution in [0.1, 0.15) is 71.4 Å². The molecule has 0 saturated heterocycles. The van der Waals surface area contributed by atoms with Crippen molar-refractivity contribution in [2.75, 3.05) is 47.3 Å². The number of esters is 6. The van der Waals surface area contributed by atoms with Gasteiger partial charge in [0.25, 0.3) is 0 Å². The molecule has 3 rings (SSSR count). The number of ether oxygens (including phenoxy) is 7. The van der Waals surface area contributed by atoms with Crippen LogP contribution in [-0.2, 0) is 70.0 Å². The van der Waals surface area contributed by atoms with Gasteiger partial charge in [-0.15, -0.1) is 0 Å². The van der Waals surface area contributed by atoms with Crippen molar-refractivity contribution in [2.45, 2.75) is 73.1 Å². The molecule has 2 atom stereocenters. The fourth-order valence-electron chi connectivity index (χ4n) is 5.92. The fraction of sp³-hybridized carbons (Fsp3) is 0.447. The lowest BCUT2D eigenvalue weighted by Crippen LogP contribution is -2.45. The highest BCUT2D eigenvalue weighted by Crippen LogP contribution is 2.32. The highest BCUT2D eigenvalue weighted by molar-refractivity contribution is 5.95. The van der Waals surface area contributed by atoms with Gasteiger partial charge in [0, 0.05) is 11.1 Å². The third-order valence-electron chi connectivity index (χ3n) is 9.79. The van der Waals surface area contributed by atoms with Crippen molar-refractivity contribution in [1.82, 2.24) is 0 Å². The van der Waals surface area contributed by atoms with E-state index < -0.39 is 72.9 Å². The topological polar surface area (TPSA) is 167 Å². The van der Waals surface area contributed by atoms with Gasteiger partial charge in [-0.05, 0) is 105 Å². The first-order valence-corrected chi connectivity index (χ1v) is 20.0. The molecule has 2 unspecified atom stereocenters. The van der Waals surface area contributed by atoms with E-state index in [1.54, 1.807) is 13.0 Å². The van der Waals surface area contributed by atoms with E-state index in [-0.39, 0.29) is 24.4 Å². The van der Waals surface area contributed by atoms with Gasteiger partial charge in [-0.25, -0.2) is 9.59 Å². The lowest BCUT2D eigenvalue weighted by Gasteiger charge is -2.33. The molecule has 0 N–H and O–H groups in total. The van der Waals surface area contributed by atoms with E-state index in [1.165, 1.54) is 32.8 Å². The Kier molecular flexibility index (Phi) is 19.0. The molecule has 324 valence electrons. The minimum Gasteiger partial charge on any atom is -0.492 e. The number of aryl methyl sites for hydroxylation is 2. The third-order valence-corrected chi connectivity index (χ3v) is 9.79. The standard InChI is InChI=1S/C47H58O13/c1-10-11-12-14-34-16-17-36-24-37(19-18-35(36)23-34)38-20-21-40(39(25-38)15-13-22-56-41(48)30(2)3)57-26-47(27-58-42(49)31(4)5,28-59-45(52)32(6)43(50)54-8)29-60-46(53)33(7)44(51)55-9/h16-21,23-25,32-33H,2,4,10-15,22,26-29H2,1,3,5-9H3. The predicted octanol–water partition coefficient (Wildman–Crippen LogP) is 7.48. The Morgan fingerprint density at radius 3 is 1.72 bits per heavy atom. The molecule has 0 saturated carbocycles. The molecule has 13 heteroatoms. The minimum absolute atomic E-state index is 0.0729. The second-order valence-corrected chi connectivity index (χ2v) is 15.0. The first-order valence-electron chi connectivity index (χ1n) is 20.0. The molecule has 3 aromatic carbocycles. The number of methoxy groups -OCH3 is 2. The molecular formula is C47H58O13. The van der Waals surface area contributed by atoms with Crippen LogP contribution in [0, 0.1) is 17.3 Å². The molecular weight excluding hydrogens is 773 g/mol. The number of carbonyl (C=O) groups excluding carboxylic acids is 6. The number of fused-ring (bicyclic) bond motifs is 1. The summed E-state index contributed by atoms with van der Waals surface area (Å²) in [5.41, 5.74) is 2.64. The van der Waals surface area contributed by atoms with Gasteiger partial charge in [-0.2, -0.15) is 0 Å². The van der Waals surface area contributed by atoms with Crippen LogP contribution >= 0.6 is 0 Å². The number of unbranched alkanes of at least 4 members (excludes halogenated alkanes) is 2. The molecule has 0 aliphatic carbocycles. The lowest BCUT2D eigenvalue weighted by atomic mass is 9.91. The largest absolute Gasteiger partial charge is 0.492 e. The molecule has 0 spiro atoms. The normalized spacial score (nSPS) is 12.8. The molecule has 0 aliphatic heterocycles. The van der Waals surface area contributed by atoms with Crippen molar-refractivity contribution in [3.05, 3.63) is 90.0 Å². The zero-order valence-electron chi connectivity index (χ0n) is 35.9. The third kappa shape index (κ3) is 14.4. The first kappa shape index (κ1) is 48.4. The van der Waals surface area contributed by atoms with Gasteiger partial charge < -0.3 is 33.2 Å². The highest BCUT2D eigenvalue weighted by Gasteiger charge is 2.40. The molecule has 0 amide bonds. The molecule has 13 nitrogen and oxygen atoms in total. The van der Waals surface area contributed by atoms with E-state index in [0.29, 0.717) is 18.6 Å². The van der Waals surface area contributed by atoms with Crippen LogP contribution in [0.3, 0.4) is 0 Å². The molecule has 60 heavy (non-hydrogen) atoms. The smallest absolute Gasteiger partial charge is 0.333 e. The van der Waals surface area contributed by atoms with Crippen LogP contribution < -0.4 is 4.74 Å². The summed E-state index contributed by atoms with van der Waals surface area (Å²) in [5.74, 6) is -7.11. The maximum absolute atomic E-state index is 13.0. The summed E-state index contributed by atoms with van der Waals surface area (Å²) >= 11 is 0. The van der Waals surface area contributed by atoms with Crippen molar-refractivity contribution in [2.24, 2.45) is 17.3 Å². The van der Waals surface area contributed by atoms with Gasteiger partial charge in [-0.1, -0.05) is 69.3 Å². The van der Waals surface area contributed by atoms with Gasteiger partial charge in [-0.3, -0.25) is 19.2 Å². The molecule has 0 aromatic heterocycles. The van der Waals surface area contributed by atoms with Crippen LogP contribution in [-0.4, -0.2) is 83.1 Å². The van der Waals surface area contributed by atoms with E-state index in [4.69, 9.17) is 23.7 Å². The lowest BCUT2D eigenvalue weighted by molar-refractivity contribution is -0.170. The monoisotopic (exact) mass is 830 g/mol. The van der Waals surface area contributed by atoms with Crippen molar-refractivity contribution >= 4 is 46.6 Å². The Labute approximate surface area is 352 Å². The van der Waals surface area contributed by atoms with Crippen LogP contribution in [0.2, 0.25) is 0 Å². The van der Waals surface area contributed by atoms with Crippen LogP contribution in [0.15, 0.2) is 78.9 Å². The van der Waals surface area contributed by atoms with Gasteiger partial charge in [0.15, 0.2) is 11.8 Å². The van der Waals surface area contributed by atoms with Gasteiger partial charge in [0.05, 0.1) is 20.8 Å². The maximum atomic E-state index is 13.0. The Bertz CT molecular complexity index is 1990. The van der Waals surface area contributed by atoms with Crippen molar-refractivity contribution in [3.8, 4) is 16.9 Å². The molecule has 0 fully saturated rings. The zero-order chi connectivity index (χ0) is 44.4. The molecule has 0 bridgehead atoms. The summed E-state index contributed by atoms with van der Waals surface area (Å²) in [6, 6.07) is 18.4. The number of carbonyl (C=O) groups is 6. The van der Waals surface area contributed by atoms with Crippen molar-refractivity contribution < 1.29 is 61.9 Å². The Morgan fingerprint density at radius 2 is 1.13 bits per heavy atom. The second-order valence-electron chi connectivity index (χ2n) is 15.0. The van der Waals surface area contributed by atoms with Crippen LogP contribution in [0.25, 0.3) is 21.9 Å². The van der Waals surface area contributed by atoms with E-state index in [1.807, 2.05) is 12.1 Å². The zero-order valence-corrected chi connectivity index (χ0v) is 35.9. The Morgan fingerprint density at radius 1 is 0.600 bits per heavy atom. The van der Waals surface area contributed by atoms with Gasteiger partial charge in [0.1, 0.15) is 37.6 Å². The average Bonchev–Trinajstić information content (AvgIpc) is 3.25. The minimum atomic E-state index is -1.58. The fourth-order valence-corrected chi connectivity index (χ4v) is 5.92. The van der Waals surface area contributed by atoms with E-state index in [0.717, 1.165) is 60.9 Å². The van der Waals surface area contributed by atoms with E-state index in [2.05, 4.69) is 66.0 Å². The summed E-state index contributed by atoms with van der Waals surface area (Å²) in [7, 11) is 2.25. The van der Waals surface area contributed by atoms with Gasteiger partial charge in [0.2, 0.25) is 0 Å². The highest BCUT2D eigenvalue weighted by atomic mass is 16.6. The maximum Gasteiger partial charge on any atom is 0.333 e.